The van der Waals surface area contributed by atoms with Crippen LogP contribution in [-0.2, 0) is 4.79 Å². The number of carbonyl (C=O) groups excluding carboxylic acids is 1. The fraction of sp³-hybridized carbons (Fsp3) is 0.444. The summed E-state index contributed by atoms with van der Waals surface area (Å²) in [5.41, 5.74) is 1.58. The Morgan fingerprint density at radius 1 is 1.24 bits per heavy atom. The topological polar surface area (TPSA) is 48.5 Å². The van der Waals surface area contributed by atoms with Crippen molar-refractivity contribution < 1.29 is 9.18 Å². The molecule has 25 heavy (non-hydrogen) atoms. The van der Waals surface area contributed by atoms with Gasteiger partial charge in [-0.1, -0.05) is 12.1 Å². The lowest BCUT2D eigenvalue weighted by Gasteiger charge is -2.38. The van der Waals surface area contributed by atoms with Crippen LogP contribution in [-0.4, -0.2) is 48.0 Å². The number of rotatable bonds is 4. The Hall–Kier alpha value is -1.99. The molecule has 3 rings (SSSR count). The van der Waals surface area contributed by atoms with Gasteiger partial charge in [-0.3, -0.25) is 9.69 Å². The van der Waals surface area contributed by atoms with E-state index in [1.165, 1.54) is 17.4 Å². The molecular weight excluding hydrogens is 339 g/mol. The third-order valence-electron chi connectivity index (χ3n) is 4.69. The molecule has 2 heterocycles. The molecule has 1 fully saturated rings. The van der Waals surface area contributed by atoms with Gasteiger partial charge >= 0.3 is 0 Å². The second kappa shape index (κ2) is 7.49. The first-order chi connectivity index (χ1) is 12.0. The highest BCUT2D eigenvalue weighted by atomic mass is 32.1. The van der Waals surface area contributed by atoms with E-state index in [9.17, 15) is 9.18 Å². The molecule has 7 heteroatoms. The number of piperazine rings is 1. The first-order valence-corrected chi connectivity index (χ1v) is 9.26. The van der Waals surface area contributed by atoms with Crippen LogP contribution in [0.1, 0.15) is 17.5 Å². The summed E-state index contributed by atoms with van der Waals surface area (Å²) in [5.74, 6) is -0.246. The van der Waals surface area contributed by atoms with Crippen molar-refractivity contribution >= 4 is 28.1 Å². The number of aromatic nitrogens is 1. The molecule has 0 aliphatic carbocycles. The smallest absolute Gasteiger partial charge is 0.243 e. The highest BCUT2D eigenvalue weighted by Gasteiger charge is 2.27. The number of amides is 1. The Kier molecular flexibility index (Phi) is 5.34. The van der Waals surface area contributed by atoms with E-state index in [1.807, 2.05) is 31.7 Å². The van der Waals surface area contributed by atoms with E-state index >= 15 is 0 Å². The van der Waals surface area contributed by atoms with Gasteiger partial charge in [0.2, 0.25) is 5.91 Å². The molecule has 1 N–H and O–H groups in total. The minimum Gasteiger partial charge on any atom is -0.367 e. The molecule has 1 aromatic heterocycles. The molecule has 5 nitrogen and oxygen atoms in total. The van der Waals surface area contributed by atoms with E-state index in [0.717, 1.165) is 23.7 Å². The summed E-state index contributed by atoms with van der Waals surface area (Å²) in [4.78, 5) is 22.1. The highest BCUT2D eigenvalue weighted by Crippen LogP contribution is 2.23. The first kappa shape index (κ1) is 17.8. The maximum atomic E-state index is 13.9. The molecular formula is C18H23FN4OS. The van der Waals surface area contributed by atoms with Crippen LogP contribution < -0.4 is 10.2 Å². The van der Waals surface area contributed by atoms with Crippen LogP contribution in [0.5, 0.6) is 0 Å². The summed E-state index contributed by atoms with van der Waals surface area (Å²) in [5, 5.41) is 3.56. The molecule has 0 radical (unpaired) electrons. The fourth-order valence-corrected chi connectivity index (χ4v) is 3.78. The third-order valence-corrected chi connectivity index (χ3v) is 5.68. The largest absolute Gasteiger partial charge is 0.367 e. The molecule has 1 saturated heterocycles. The van der Waals surface area contributed by atoms with Gasteiger partial charge in [-0.2, -0.15) is 0 Å². The number of halogens is 1. The summed E-state index contributed by atoms with van der Waals surface area (Å²) < 4.78 is 13.9. The lowest BCUT2D eigenvalue weighted by molar-refractivity contribution is -0.120. The molecule has 1 aliphatic heterocycles. The van der Waals surface area contributed by atoms with Crippen LogP contribution in [0.25, 0.3) is 0 Å². The van der Waals surface area contributed by atoms with Crippen molar-refractivity contribution in [1.82, 2.24) is 9.88 Å². The zero-order valence-corrected chi connectivity index (χ0v) is 15.6. The number of nitrogens with one attached hydrogen (secondary N) is 1. The van der Waals surface area contributed by atoms with Gasteiger partial charge in [0.25, 0.3) is 0 Å². The van der Waals surface area contributed by atoms with Crippen LogP contribution in [0, 0.1) is 19.7 Å². The standard InChI is InChI=1S/C18H23FN4OS/c1-12-14(3)25-18(20-12)21-17(24)13(2)22-8-10-23(11-9-22)16-7-5-4-6-15(16)19/h4-7,13H,8-11H2,1-3H3,(H,20,21,24)/t13-/m0/s1. The van der Waals surface area contributed by atoms with E-state index in [4.69, 9.17) is 0 Å². The lowest BCUT2D eigenvalue weighted by atomic mass is 10.2. The van der Waals surface area contributed by atoms with Crippen LogP contribution in [0.2, 0.25) is 0 Å². The summed E-state index contributed by atoms with van der Waals surface area (Å²) >= 11 is 1.49. The Labute approximate surface area is 151 Å². The second-order valence-corrected chi connectivity index (χ2v) is 7.50. The lowest BCUT2D eigenvalue weighted by Crippen LogP contribution is -2.53. The third kappa shape index (κ3) is 3.99. The van der Waals surface area contributed by atoms with E-state index in [2.05, 4.69) is 15.2 Å². The zero-order chi connectivity index (χ0) is 18.0. The van der Waals surface area contributed by atoms with Gasteiger partial charge in [0, 0.05) is 31.1 Å². The van der Waals surface area contributed by atoms with Crippen LogP contribution in [0.4, 0.5) is 15.2 Å². The maximum absolute atomic E-state index is 13.9. The summed E-state index contributed by atoms with van der Waals surface area (Å²) in [6.07, 6.45) is 0. The van der Waals surface area contributed by atoms with Crippen molar-refractivity contribution in [2.75, 3.05) is 36.4 Å². The van der Waals surface area contributed by atoms with Crippen molar-refractivity contribution in [3.63, 3.8) is 0 Å². The zero-order valence-electron chi connectivity index (χ0n) is 14.8. The van der Waals surface area contributed by atoms with Gasteiger partial charge in [0.15, 0.2) is 5.13 Å². The predicted octanol–water partition coefficient (Wildman–Crippen LogP) is 3.05. The van der Waals surface area contributed by atoms with Crippen molar-refractivity contribution in [3.05, 3.63) is 40.7 Å². The molecule has 0 spiro atoms. The van der Waals surface area contributed by atoms with Crippen LogP contribution in [0.3, 0.4) is 0 Å². The second-order valence-electron chi connectivity index (χ2n) is 6.30. The predicted molar refractivity (Wildman–Crippen MR) is 99.9 cm³/mol. The van der Waals surface area contributed by atoms with Gasteiger partial charge in [-0.25, -0.2) is 9.37 Å². The molecule has 1 atom stereocenters. The van der Waals surface area contributed by atoms with Crippen molar-refractivity contribution in [2.45, 2.75) is 26.8 Å². The van der Waals surface area contributed by atoms with Gasteiger partial charge in [-0.05, 0) is 32.9 Å². The minimum absolute atomic E-state index is 0.0481. The average molecular weight is 362 g/mol. The summed E-state index contributed by atoms with van der Waals surface area (Å²) in [6, 6.07) is 6.58. The molecule has 1 aliphatic rings. The molecule has 1 amide bonds. The first-order valence-electron chi connectivity index (χ1n) is 8.44. The Bertz CT molecular complexity index is 736. The Balaban J connectivity index is 1.56. The van der Waals surface area contributed by atoms with Crippen molar-refractivity contribution in [1.29, 1.82) is 0 Å². The quantitative estimate of drug-likeness (QED) is 0.908. The number of carbonyl (C=O) groups is 1. The number of hydrogen-bond acceptors (Lipinski definition) is 5. The van der Waals surface area contributed by atoms with E-state index < -0.39 is 0 Å². The minimum atomic E-state index is -0.243. The monoisotopic (exact) mass is 362 g/mol. The molecule has 0 bridgehead atoms. The van der Waals surface area contributed by atoms with E-state index in [1.54, 1.807) is 12.1 Å². The number of nitrogens with zero attached hydrogens (tertiary/aromatic N) is 3. The number of aryl methyl sites for hydroxylation is 2. The highest BCUT2D eigenvalue weighted by molar-refractivity contribution is 7.15. The number of hydrogen-bond donors (Lipinski definition) is 1. The van der Waals surface area contributed by atoms with Crippen LogP contribution >= 0.6 is 11.3 Å². The fourth-order valence-electron chi connectivity index (χ4n) is 2.96. The summed E-state index contributed by atoms with van der Waals surface area (Å²) in [7, 11) is 0. The van der Waals surface area contributed by atoms with Gasteiger partial charge in [-0.15, -0.1) is 11.3 Å². The normalized spacial score (nSPS) is 16.7. The Morgan fingerprint density at radius 2 is 1.92 bits per heavy atom. The molecule has 134 valence electrons. The number of para-hydroxylation sites is 1. The molecule has 1 aromatic carbocycles. The maximum Gasteiger partial charge on any atom is 0.243 e. The Morgan fingerprint density at radius 3 is 2.52 bits per heavy atom. The number of benzene rings is 1. The van der Waals surface area contributed by atoms with Crippen LogP contribution in [0.15, 0.2) is 24.3 Å². The SMILES string of the molecule is Cc1nc(NC(=O)[C@H](C)N2CCN(c3ccccc3F)CC2)sc1C. The van der Waals surface area contributed by atoms with Gasteiger partial charge in [0.1, 0.15) is 5.82 Å². The van der Waals surface area contributed by atoms with Gasteiger partial charge in [0.05, 0.1) is 17.4 Å². The summed E-state index contributed by atoms with van der Waals surface area (Å²) in [6.45, 7) is 8.68. The van der Waals surface area contributed by atoms with Crippen molar-refractivity contribution in [2.24, 2.45) is 0 Å². The van der Waals surface area contributed by atoms with Crippen molar-refractivity contribution in [3.8, 4) is 0 Å². The van der Waals surface area contributed by atoms with Gasteiger partial charge < -0.3 is 10.2 Å². The number of anilines is 2. The molecule has 0 saturated carbocycles. The van der Waals surface area contributed by atoms with E-state index in [0.29, 0.717) is 23.9 Å². The van der Waals surface area contributed by atoms with E-state index in [-0.39, 0.29) is 17.8 Å². The average Bonchev–Trinajstić information content (AvgIpc) is 2.92. The number of thiazole rings is 1. The molecule has 2 aromatic rings. The molecule has 0 unspecified atom stereocenters.